The molecule has 2 saturated heterocycles. The Balaban J connectivity index is 1.36. The molecule has 1 aromatic heterocycles. The first-order chi connectivity index (χ1) is 12.6. The molecular weight excluding hydrogens is 328 g/mol. The minimum atomic E-state index is -0.234. The molecule has 0 saturated carbocycles. The Morgan fingerprint density at radius 3 is 2.65 bits per heavy atom. The number of anilines is 1. The van der Waals surface area contributed by atoms with E-state index in [0.29, 0.717) is 5.92 Å². The number of ether oxygens (including phenoxy) is 1. The van der Waals surface area contributed by atoms with Gasteiger partial charge in [-0.1, -0.05) is 0 Å². The zero-order valence-electron chi connectivity index (χ0n) is 16.0. The van der Waals surface area contributed by atoms with Gasteiger partial charge < -0.3 is 14.5 Å². The zero-order valence-corrected chi connectivity index (χ0v) is 16.0. The van der Waals surface area contributed by atoms with Crippen LogP contribution >= 0.6 is 0 Å². The van der Waals surface area contributed by atoms with Gasteiger partial charge in [0.25, 0.3) is 5.91 Å². The molecule has 0 aromatic carbocycles. The second kappa shape index (κ2) is 7.51. The van der Waals surface area contributed by atoms with Crippen molar-refractivity contribution < 1.29 is 9.53 Å². The van der Waals surface area contributed by atoms with Crippen LogP contribution in [0.5, 0.6) is 0 Å². The van der Waals surface area contributed by atoms with Gasteiger partial charge in [-0.05, 0) is 57.3 Å². The van der Waals surface area contributed by atoms with Crippen LogP contribution in [0, 0.1) is 5.92 Å². The zero-order chi connectivity index (χ0) is 18.1. The summed E-state index contributed by atoms with van der Waals surface area (Å²) in [4.78, 5) is 25.3. The summed E-state index contributed by atoms with van der Waals surface area (Å²) in [5.41, 5.74) is 2.64. The lowest BCUT2D eigenvalue weighted by Gasteiger charge is -2.36. The Bertz CT molecular complexity index is 655. The smallest absolute Gasteiger partial charge is 0.251 e. The van der Waals surface area contributed by atoms with Gasteiger partial charge in [0.1, 0.15) is 18.2 Å². The number of hydrogen-bond donors (Lipinski definition) is 0. The fraction of sp³-hybridized carbons (Fsp3) is 0.750. The number of carbonyl (C=O) groups excluding carboxylic acids is 1. The van der Waals surface area contributed by atoms with Crippen LogP contribution in [-0.4, -0.2) is 60.2 Å². The minimum absolute atomic E-state index is 0.109. The first-order valence-electron chi connectivity index (χ1n) is 10.1. The highest BCUT2D eigenvalue weighted by Gasteiger charge is 2.37. The van der Waals surface area contributed by atoms with Crippen molar-refractivity contribution in [2.75, 3.05) is 32.1 Å². The van der Waals surface area contributed by atoms with E-state index in [1.807, 2.05) is 0 Å². The molecule has 1 amide bonds. The number of aromatic nitrogens is 2. The lowest BCUT2D eigenvalue weighted by Crippen LogP contribution is -2.40. The molecule has 6 nitrogen and oxygen atoms in total. The van der Waals surface area contributed by atoms with Gasteiger partial charge in [0.15, 0.2) is 0 Å². The second-order valence-electron chi connectivity index (χ2n) is 8.13. The van der Waals surface area contributed by atoms with E-state index in [4.69, 9.17) is 4.74 Å². The van der Waals surface area contributed by atoms with Crippen LogP contribution in [-0.2, 0) is 22.4 Å². The highest BCUT2D eigenvalue weighted by Crippen LogP contribution is 2.35. The Morgan fingerprint density at radius 2 is 1.88 bits per heavy atom. The summed E-state index contributed by atoms with van der Waals surface area (Å²) in [6.45, 7) is 2.06. The second-order valence-corrected chi connectivity index (χ2v) is 8.13. The number of nitrogens with zero attached hydrogens (tertiary/aromatic N) is 4. The van der Waals surface area contributed by atoms with E-state index in [9.17, 15) is 4.79 Å². The Hall–Kier alpha value is -1.69. The first-order valence-corrected chi connectivity index (χ1v) is 10.1. The van der Waals surface area contributed by atoms with E-state index in [1.165, 1.54) is 29.9 Å². The molecule has 6 heteroatoms. The molecule has 0 radical (unpaired) electrons. The molecule has 1 aliphatic carbocycles. The van der Waals surface area contributed by atoms with Gasteiger partial charge in [0.05, 0.1) is 6.10 Å². The molecule has 1 aromatic rings. The van der Waals surface area contributed by atoms with Crippen molar-refractivity contribution in [1.29, 1.82) is 0 Å². The standard InChI is InChI=1S/C20H30N4O2/c1-23(2)20(25)18-8-7-17(26-18)14-9-11-24(12-10-14)19-15-5-3-4-6-16(15)21-13-22-19/h13-14,17-18H,3-12H2,1-2H3/t17-,18+/m0/s1. The third-order valence-electron chi connectivity index (χ3n) is 6.24. The van der Waals surface area contributed by atoms with Crippen LogP contribution < -0.4 is 4.90 Å². The number of hydrogen-bond acceptors (Lipinski definition) is 5. The van der Waals surface area contributed by atoms with Crippen LogP contribution in [0.25, 0.3) is 0 Å². The summed E-state index contributed by atoms with van der Waals surface area (Å²) in [5.74, 6) is 1.84. The Morgan fingerprint density at radius 1 is 1.12 bits per heavy atom. The van der Waals surface area contributed by atoms with Crippen molar-refractivity contribution in [3.8, 4) is 0 Å². The molecular formula is C20H30N4O2. The SMILES string of the molecule is CN(C)C(=O)[C@H]1CC[C@@H](C2CCN(c3ncnc4c3CCCC4)CC2)O1. The molecule has 3 heterocycles. The summed E-state index contributed by atoms with van der Waals surface area (Å²) in [5, 5.41) is 0. The number of rotatable bonds is 3. The lowest BCUT2D eigenvalue weighted by molar-refractivity contribution is -0.141. The average molecular weight is 358 g/mol. The van der Waals surface area contributed by atoms with Crippen LogP contribution in [0.1, 0.15) is 49.8 Å². The molecule has 2 fully saturated rings. The number of carbonyl (C=O) groups is 1. The maximum Gasteiger partial charge on any atom is 0.251 e. The normalized spacial score (nSPS) is 26.6. The number of amides is 1. The van der Waals surface area contributed by atoms with Crippen molar-refractivity contribution in [3.05, 3.63) is 17.6 Å². The fourth-order valence-corrected chi connectivity index (χ4v) is 4.74. The molecule has 26 heavy (non-hydrogen) atoms. The van der Waals surface area contributed by atoms with Gasteiger partial charge >= 0.3 is 0 Å². The summed E-state index contributed by atoms with van der Waals surface area (Å²) in [7, 11) is 3.61. The number of fused-ring (bicyclic) bond motifs is 1. The lowest BCUT2D eigenvalue weighted by atomic mass is 9.89. The largest absolute Gasteiger partial charge is 0.365 e. The van der Waals surface area contributed by atoms with Gasteiger partial charge in [-0.3, -0.25) is 4.79 Å². The maximum atomic E-state index is 12.1. The molecule has 0 bridgehead atoms. The van der Waals surface area contributed by atoms with Crippen molar-refractivity contribution in [2.45, 2.75) is 63.6 Å². The van der Waals surface area contributed by atoms with Crippen molar-refractivity contribution >= 4 is 11.7 Å². The third kappa shape index (κ3) is 3.43. The summed E-state index contributed by atoms with van der Waals surface area (Å²) >= 11 is 0. The Labute approximate surface area is 155 Å². The monoisotopic (exact) mass is 358 g/mol. The molecule has 142 valence electrons. The molecule has 4 rings (SSSR count). The van der Waals surface area contributed by atoms with E-state index >= 15 is 0 Å². The van der Waals surface area contributed by atoms with Gasteiger partial charge in [-0.2, -0.15) is 0 Å². The van der Waals surface area contributed by atoms with Gasteiger partial charge in [-0.25, -0.2) is 9.97 Å². The van der Waals surface area contributed by atoms with Gasteiger partial charge in [-0.15, -0.1) is 0 Å². The first kappa shape index (κ1) is 17.7. The fourth-order valence-electron chi connectivity index (χ4n) is 4.74. The molecule has 0 N–H and O–H groups in total. The van der Waals surface area contributed by atoms with Crippen LogP contribution in [0.2, 0.25) is 0 Å². The van der Waals surface area contributed by atoms with Gasteiger partial charge in [0.2, 0.25) is 0 Å². The quantitative estimate of drug-likeness (QED) is 0.829. The van der Waals surface area contributed by atoms with Crippen LogP contribution in [0.3, 0.4) is 0 Å². The number of likely N-dealkylation sites (N-methyl/N-ethyl adjacent to an activating group) is 1. The van der Waals surface area contributed by atoms with Crippen molar-refractivity contribution in [2.24, 2.45) is 5.92 Å². The molecule has 0 unspecified atom stereocenters. The highest BCUT2D eigenvalue weighted by atomic mass is 16.5. The van der Waals surface area contributed by atoms with E-state index < -0.39 is 0 Å². The minimum Gasteiger partial charge on any atom is -0.365 e. The summed E-state index contributed by atoms with van der Waals surface area (Å²) < 4.78 is 6.12. The maximum absolute atomic E-state index is 12.1. The highest BCUT2D eigenvalue weighted by molar-refractivity contribution is 5.80. The summed E-state index contributed by atoms with van der Waals surface area (Å²) in [6, 6.07) is 0. The predicted molar refractivity (Wildman–Crippen MR) is 100 cm³/mol. The van der Waals surface area contributed by atoms with Crippen molar-refractivity contribution in [3.63, 3.8) is 0 Å². The molecule has 3 aliphatic rings. The molecule has 2 atom stereocenters. The van der Waals surface area contributed by atoms with E-state index in [0.717, 1.165) is 51.6 Å². The van der Waals surface area contributed by atoms with Gasteiger partial charge in [0, 0.05) is 38.4 Å². The number of piperidine rings is 1. The van der Waals surface area contributed by atoms with E-state index in [-0.39, 0.29) is 18.1 Å². The third-order valence-corrected chi connectivity index (χ3v) is 6.24. The molecule has 0 spiro atoms. The summed E-state index contributed by atoms with van der Waals surface area (Å²) in [6.07, 6.45) is 10.6. The van der Waals surface area contributed by atoms with Crippen LogP contribution in [0.15, 0.2) is 6.33 Å². The van der Waals surface area contributed by atoms with Crippen molar-refractivity contribution in [1.82, 2.24) is 14.9 Å². The number of aryl methyl sites for hydroxylation is 1. The topological polar surface area (TPSA) is 58.6 Å². The van der Waals surface area contributed by atoms with Crippen LogP contribution in [0.4, 0.5) is 5.82 Å². The van der Waals surface area contributed by atoms with E-state index in [1.54, 1.807) is 25.3 Å². The Kier molecular flexibility index (Phi) is 5.11. The van der Waals surface area contributed by atoms with E-state index in [2.05, 4.69) is 14.9 Å². The molecule has 2 aliphatic heterocycles. The average Bonchev–Trinajstić information content (AvgIpc) is 3.17. The predicted octanol–water partition coefficient (Wildman–Crippen LogP) is 2.21.